The quantitative estimate of drug-likeness (QED) is 0.906. The summed E-state index contributed by atoms with van der Waals surface area (Å²) in [7, 11) is 0. The van der Waals surface area contributed by atoms with Crippen LogP contribution in [0.4, 0.5) is 0 Å². The molecule has 1 N–H and O–H groups in total. The highest BCUT2D eigenvalue weighted by Gasteiger charge is 2.41. The molecular weight excluding hydrogens is 272 g/mol. The van der Waals surface area contributed by atoms with E-state index in [0.717, 1.165) is 11.3 Å². The van der Waals surface area contributed by atoms with Crippen LogP contribution >= 0.6 is 11.3 Å². The minimum atomic E-state index is -0.393. The molecule has 110 valence electrons. The van der Waals surface area contributed by atoms with Gasteiger partial charge in [0.2, 0.25) is 11.8 Å². The number of nitrogens with one attached hydrogen (secondary N) is 1. The average molecular weight is 294 g/mol. The van der Waals surface area contributed by atoms with Crippen LogP contribution in [0.25, 0.3) is 0 Å². The lowest BCUT2D eigenvalue weighted by Gasteiger charge is -2.40. The summed E-state index contributed by atoms with van der Waals surface area (Å²) in [6.45, 7) is 6.51. The lowest BCUT2D eigenvalue weighted by molar-refractivity contribution is -0.151. The number of amides is 2. The SMILES string of the molecule is CCCC1C(=O)NC(C(C)C)C(=O)N1Cc1cccs1. The van der Waals surface area contributed by atoms with Crippen LogP contribution in [0.1, 0.15) is 38.5 Å². The molecule has 1 aromatic heterocycles. The summed E-state index contributed by atoms with van der Waals surface area (Å²) in [4.78, 5) is 27.8. The van der Waals surface area contributed by atoms with Crippen molar-refractivity contribution in [2.45, 2.75) is 52.2 Å². The van der Waals surface area contributed by atoms with E-state index in [1.54, 1.807) is 16.2 Å². The standard InChI is InChI=1S/C15H22N2O2S/c1-4-6-12-14(18)16-13(10(2)3)15(19)17(12)9-11-7-5-8-20-11/h5,7-8,10,12-13H,4,6,9H2,1-3H3,(H,16,18). The Balaban J connectivity index is 2.23. The number of carbonyl (C=O) groups is 2. The van der Waals surface area contributed by atoms with Crippen LogP contribution in [-0.2, 0) is 16.1 Å². The molecular formula is C15H22N2O2S. The molecule has 2 rings (SSSR count). The predicted octanol–water partition coefficient (Wildman–Crippen LogP) is 2.40. The highest BCUT2D eigenvalue weighted by Crippen LogP contribution is 2.22. The fourth-order valence-electron chi connectivity index (χ4n) is 2.56. The maximum Gasteiger partial charge on any atom is 0.246 e. The first-order chi connectivity index (χ1) is 9.54. The highest BCUT2D eigenvalue weighted by molar-refractivity contribution is 7.09. The van der Waals surface area contributed by atoms with Gasteiger partial charge < -0.3 is 10.2 Å². The van der Waals surface area contributed by atoms with Gasteiger partial charge in [-0.3, -0.25) is 9.59 Å². The van der Waals surface area contributed by atoms with Gasteiger partial charge in [-0.25, -0.2) is 0 Å². The number of rotatable bonds is 5. The largest absolute Gasteiger partial charge is 0.342 e. The highest BCUT2D eigenvalue weighted by atomic mass is 32.1. The van der Waals surface area contributed by atoms with Gasteiger partial charge in [-0.05, 0) is 23.8 Å². The normalized spacial score (nSPS) is 23.3. The number of nitrogens with zero attached hydrogens (tertiary/aromatic N) is 1. The summed E-state index contributed by atoms with van der Waals surface area (Å²) in [5.74, 6) is 0.146. The Morgan fingerprint density at radius 1 is 1.40 bits per heavy atom. The van der Waals surface area contributed by atoms with Crippen LogP contribution in [0, 0.1) is 5.92 Å². The number of thiophene rings is 1. The molecule has 1 aliphatic heterocycles. The summed E-state index contributed by atoms with van der Waals surface area (Å²) in [5.41, 5.74) is 0. The Morgan fingerprint density at radius 3 is 2.70 bits per heavy atom. The van der Waals surface area contributed by atoms with Crippen LogP contribution in [0.15, 0.2) is 17.5 Å². The van der Waals surface area contributed by atoms with Gasteiger partial charge in [-0.2, -0.15) is 0 Å². The third-order valence-corrected chi connectivity index (χ3v) is 4.52. The number of piperazine rings is 1. The van der Waals surface area contributed by atoms with Crippen molar-refractivity contribution in [3.63, 3.8) is 0 Å². The molecule has 0 bridgehead atoms. The third-order valence-electron chi connectivity index (χ3n) is 3.66. The Labute approximate surface area is 124 Å². The molecule has 2 amide bonds. The van der Waals surface area contributed by atoms with Gasteiger partial charge in [-0.15, -0.1) is 11.3 Å². The van der Waals surface area contributed by atoms with E-state index < -0.39 is 6.04 Å². The van der Waals surface area contributed by atoms with Crippen molar-refractivity contribution < 1.29 is 9.59 Å². The molecule has 1 aromatic rings. The first-order valence-electron chi connectivity index (χ1n) is 7.17. The molecule has 0 aliphatic carbocycles. The monoisotopic (exact) mass is 294 g/mol. The van der Waals surface area contributed by atoms with Crippen molar-refractivity contribution in [3.05, 3.63) is 22.4 Å². The fraction of sp³-hybridized carbons (Fsp3) is 0.600. The Kier molecular flexibility index (Phi) is 4.81. The van der Waals surface area contributed by atoms with Gasteiger partial charge in [0.1, 0.15) is 12.1 Å². The van der Waals surface area contributed by atoms with E-state index in [1.165, 1.54) is 0 Å². The molecule has 2 heterocycles. The van der Waals surface area contributed by atoms with Crippen molar-refractivity contribution >= 4 is 23.2 Å². The van der Waals surface area contributed by atoms with Crippen molar-refractivity contribution in [2.75, 3.05) is 0 Å². The van der Waals surface area contributed by atoms with Crippen LogP contribution in [0.3, 0.4) is 0 Å². The van der Waals surface area contributed by atoms with Gasteiger partial charge in [0.25, 0.3) is 0 Å². The van der Waals surface area contributed by atoms with Crippen molar-refractivity contribution in [1.82, 2.24) is 10.2 Å². The second kappa shape index (κ2) is 6.39. The molecule has 0 spiro atoms. The maximum atomic E-state index is 12.6. The summed E-state index contributed by atoms with van der Waals surface area (Å²) >= 11 is 1.62. The second-order valence-corrected chi connectivity index (χ2v) is 6.61. The minimum absolute atomic E-state index is 0.0123. The Bertz CT molecular complexity index is 470. The molecule has 20 heavy (non-hydrogen) atoms. The predicted molar refractivity (Wildman–Crippen MR) is 80.3 cm³/mol. The van der Waals surface area contributed by atoms with Gasteiger partial charge in [-0.1, -0.05) is 33.3 Å². The molecule has 1 aliphatic rings. The fourth-order valence-corrected chi connectivity index (χ4v) is 3.26. The first-order valence-corrected chi connectivity index (χ1v) is 8.05. The van der Waals surface area contributed by atoms with Crippen LogP contribution in [-0.4, -0.2) is 28.8 Å². The molecule has 1 fully saturated rings. The summed E-state index contributed by atoms with van der Waals surface area (Å²) < 4.78 is 0. The van der Waals surface area contributed by atoms with E-state index in [2.05, 4.69) is 5.32 Å². The van der Waals surface area contributed by atoms with Crippen molar-refractivity contribution in [1.29, 1.82) is 0 Å². The third kappa shape index (κ3) is 3.03. The summed E-state index contributed by atoms with van der Waals surface area (Å²) in [6.07, 6.45) is 1.60. The topological polar surface area (TPSA) is 49.4 Å². The molecule has 1 saturated heterocycles. The van der Waals surface area contributed by atoms with Crippen molar-refractivity contribution in [2.24, 2.45) is 5.92 Å². The van der Waals surface area contributed by atoms with E-state index in [1.807, 2.05) is 38.3 Å². The first kappa shape index (κ1) is 15.0. The maximum absolute atomic E-state index is 12.6. The van der Waals surface area contributed by atoms with E-state index in [0.29, 0.717) is 13.0 Å². The molecule has 2 atom stereocenters. The average Bonchev–Trinajstić information content (AvgIpc) is 2.90. The smallest absolute Gasteiger partial charge is 0.246 e. The lowest BCUT2D eigenvalue weighted by Crippen LogP contribution is -2.64. The van der Waals surface area contributed by atoms with E-state index in [9.17, 15) is 9.59 Å². The molecule has 0 radical (unpaired) electrons. The van der Waals surface area contributed by atoms with E-state index >= 15 is 0 Å². The summed E-state index contributed by atoms with van der Waals surface area (Å²) in [5, 5.41) is 4.88. The lowest BCUT2D eigenvalue weighted by atomic mass is 9.96. The van der Waals surface area contributed by atoms with Crippen LogP contribution in [0.5, 0.6) is 0 Å². The molecule has 2 unspecified atom stereocenters. The van der Waals surface area contributed by atoms with Crippen molar-refractivity contribution in [3.8, 4) is 0 Å². The van der Waals surface area contributed by atoms with Crippen LogP contribution < -0.4 is 5.32 Å². The van der Waals surface area contributed by atoms with Gasteiger partial charge >= 0.3 is 0 Å². The van der Waals surface area contributed by atoms with E-state index in [-0.39, 0.29) is 23.8 Å². The molecule has 0 saturated carbocycles. The molecule has 5 heteroatoms. The summed E-state index contributed by atoms with van der Waals surface area (Å²) in [6, 6.07) is 3.27. The number of carbonyl (C=O) groups excluding carboxylic acids is 2. The zero-order valence-electron chi connectivity index (χ0n) is 12.3. The van der Waals surface area contributed by atoms with Crippen LogP contribution in [0.2, 0.25) is 0 Å². The van der Waals surface area contributed by atoms with Gasteiger partial charge in [0, 0.05) is 4.88 Å². The number of hydrogen-bond donors (Lipinski definition) is 1. The van der Waals surface area contributed by atoms with Gasteiger partial charge in [0.05, 0.1) is 6.54 Å². The Morgan fingerprint density at radius 2 is 2.15 bits per heavy atom. The number of hydrogen-bond acceptors (Lipinski definition) is 3. The Hall–Kier alpha value is -1.36. The van der Waals surface area contributed by atoms with Gasteiger partial charge in [0.15, 0.2) is 0 Å². The minimum Gasteiger partial charge on any atom is -0.342 e. The zero-order valence-corrected chi connectivity index (χ0v) is 13.1. The molecule has 0 aromatic carbocycles. The van der Waals surface area contributed by atoms with E-state index in [4.69, 9.17) is 0 Å². The second-order valence-electron chi connectivity index (χ2n) is 5.58. The zero-order chi connectivity index (χ0) is 14.7. The molecule has 4 nitrogen and oxygen atoms in total.